The molecule has 1 aliphatic carbocycles. The van der Waals surface area contributed by atoms with Gasteiger partial charge in [0, 0.05) is 50.4 Å². The fourth-order valence-electron chi connectivity index (χ4n) is 4.19. The summed E-state index contributed by atoms with van der Waals surface area (Å²) in [5.41, 5.74) is 2.10. The van der Waals surface area contributed by atoms with Gasteiger partial charge in [0.2, 0.25) is 0 Å². The second-order valence-electron chi connectivity index (χ2n) is 8.63. The van der Waals surface area contributed by atoms with E-state index in [9.17, 15) is 18.0 Å². The van der Waals surface area contributed by atoms with Gasteiger partial charge in [-0.1, -0.05) is 24.3 Å². The molecule has 9 heteroatoms. The number of hydrogen-bond acceptors (Lipinski definition) is 4. The molecule has 1 amide bonds. The van der Waals surface area contributed by atoms with E-state index in [1.807, 2.05) is 12.1 Å². The van der Waals surface area contributed by atoms with Crippen molar-refractivity contribution in [2.24, 2.45) is 0 Å². The standard InChI is InChI=1S/C23H24F3N5O/c1-15-4-2-3-5-17(15)14-29-8-10-30(11-9-29)22(32)19-13-21-27-18(16-6-7-16)12-20(23(24,25)26)31(21)28-19/h2-5,12-13,16H,6-11,14H2,1H3. The number of halogens is 3. The zero-order chi connectivity index (χ0) is 22.5. The van der Waals surface area contributed by atoms with Gasteiger partial charge in [0.25, 0.3) is 5.91 Å². The molecule has 1 aromatic carbocycles. The van der Waals surface area contributed by atoms with E-state index < -0.39 is 11.9 Å². The maximum absolute atomic E-state index is 13.6. The number of benzene rings is 1. The van der Waals surface area contributed by atoms with Crippen molar-refractivity contribution in [1.29, 1.82) is 0 Å². The Morgan fingerprint density at radius 1 is 1.09 bits per heavy atom. The van der Waals surface area contributed by atoms with E-state index in [1.54, 1.807) is 4.90 Å². The summed E-state index contributed by atoms with van der Waals surface area (Å²) in [7, 11) is 0. The molecule has 0 bridgehead atoms. The molecular weight excluding hydrogens is 419 g/mol. The summed E-state index contributed by atoms with van der Waals surface area (Å²) in [4.78, 5) is 21.3. The molecule has 32 heavy (non-hydrogen) atoms. The molecule has 3 aromatic rings. The van der Waals surface area contributed by atoms with Crippen LogP contribution in [-0.2, 0) is 12.7 Å². The quantitative estimate of drug-likeness (QED) is 0.614. The summed E-state index contributed by atoms with van der Waals surface area (Å²) < 4.78 is 41.6. The SMILES string of the molecule is Cc1ccccc1CN1CCN(C(=O)c2cc3nc(C4CC4)cc(C(F)(F)F)n3n2)CC1. The zero-order valence-corrected chi connectivity index (χ0v) is 17.8. The maximum Gasteiger partial charge on any atom is 0.433 e. The van der Waals surface area contributed by atoms with Crippen molar-refractivity contribution < 1.29 is 18.0 Å². The number of aromatic nitrogens is 3. The van der Waals surface area contributed by atoms with E-state index in [1.165, 1.54) is 17.2 Å². The van der Waals surface area contributed by atoms with E-state index in [2.05, 4.69) is 34.0 Å². The second-order valence-corrected chi connectivity index (χ2v) is 8.63. The molecule has 2 fully saturated rings. The first kappa shape index (κ1) is 20.9. The van der Waals surface area contributed by atoms with Crippen LogP contribution in [0.25, 0.3) is 5.65 Å². The monoisotopic (exact) mass is 443 g/mol. The summed E-state index contributed by atoms with van der Waals surface area (Å²) in [5.74, 6) is -0.288. The van der Waals surface area contributed by atoms with Crippen molar-refractivity contribution in [3.05, 3.63) is 64.6 Å². The summed E-state index contributed by atoms with van der Waals surface area (Å²) in [6.45, 7) is 5.30. The van der Waals surface area contributed by atoms with Crippen LogP contribution in [0.5, 0.6) is 0 Å². The lowest BCUT2D eigenvalue weighted by molar-refractivity contribution is -0.142. The Labute approximate surface area is 183 Å². The molecule has 0 N–H and O–H groups in total. The van der Waals surface area contributed by atoms with Gasteiger partial charge in [0.1, 0.15) is 5.69 Å². The number of rotatable bonds is 4. The molecule has 1 saturated heterocycles. The third-order valence-corrected chi connectivity index (χ3v) is 6.27. The lowest BCUT2D eigenvalue weighted by Crippen LogP contribution is -2.48. The topological polar surface area (TPSA) is 53.7 Å². The maximum atomic E-state index is 13.6. The van der Waals surface area contributed by atoms with Crippen LogP contribution in [0.15, 0.2) is 36.4 Å². The average Bonchev–Trinajstić information content (AvgIpc) is 3.52. The Morgan fingerprint density at radius 2 is 1.81 bits per heavy atom. The summed E-state index contributed by atoms with van der Waals surface area (Å²) >= 11 is 0. The number of nitrogens with zero attached hydrogens (tertiary/aromatic N) is 5. The summed E-state index contributed by atoms with van der Waals surface area (Å²) in [6.07, 6.45) is -2.89. The van der Waals surface area contributed by atoms with Crippen molar-refractivity contribution in [1.82, 2.24) is 24.4 Å². The van der Waals surface area contributed by atoms with Crippen molar-refractivity contribution in [2.75, 3.05) is 26.2 Å². The van der Waals surface area contributed by atoms with Gasteiger partial charge in [0.05, 0.1) is 0 Å². The van der Waals surface area contributed by atoms with E-state index >= 15 is 0 Å². The molecule has 2 aromatic heterocycles. The van der Waals surface area contributed by atoms with E-state index in [0.29, 0.717) is 31.9 Å². The molecule has 0 spiro atoms. The van der Waals surface area contributed by atoms with Gasteiger partial charge < -0.3 is 4.90 Å². The van der Waals surface area contributed by atoms with Crippen molar-refractivity contribution in [2.45, 2.75) is 38.4 Å². The predicted octanol–water partition coefficient (Wildman–Crippen LogP) is 3.89. The number of carbonyl (C=O) groups excluding carboxylic acids is 1. The molecule has 0 unspecified atom stereocenters. The van der Waals surface area contributed by atoms with Gasteiger partial charge in [0.15, 0.2) is 11.3 Å². The lowest BCUT2D eigenvalue weighted by atomic mass is 10.1. The molecule has 1 saturated carbocycles. The van der Waals surface area contributed by atoms with E-state index in [4.69, 9.17) is 0 Å². The molecule has 0 atom stereocenters. The number of fused-ring (bicyclic) bond motifs is 1. The fraction of sp³-hybridized carbons (Fsp3) is 0.435. The zero-order valence-electron chi connectivity index (χ0n) is 17.8. The third-order valence-electron chi connectivity index (χ3n) is 6.27. The minimum atomic E-state index is -4.57. The first-order valence-electron chi connectivity index (χ1n) is 10.8. The lowest BCUT2D eigenvalue weighted by Gasteiger charge is -2.34. The molecule has 5 rings (SSSR count). The van der Waals surface area contributed by atoms with E-state index in [0.717, 1.165) is 30.0 Å². The van der Waals surface area contributed by atoms with E-state index in [-0.39, 0.29) is 23.2 Å². The van der Waals surface area contributed by atoms with Crippen LogP contribution in [0.1, 0.15) is 51.8 Å². The molecule has 168 valence electrons. The van der Waals surface area contributed by atoms with Gasteiger partial charge >= 0.3 is 6.18 Å². The second kappa shape index (κ2) is 7.88. The van der Waals surface area contributed by atoms with Crippen molar-refractivity contribution in [3.8, 4) is 0 Å². The number of alkyl halides is 3. The number of hydrogen-bond donors (Lipinski definition) is 0. The largest absolute Gasteiger partial charge is 0.433 e. The van der Waals surface area contributed by atoms with Crippen LogP contribution in [0.3, 0.4) is 0 Å². The van der Waals surface area contributed by atoms with Gasteiger partial charge in [-0.25, -0.2) is 9.50 Å². The van der Waals surface area contributed by atoms with Crippen molar-refractivity contribution in [3.63, 3.8) is 0 Å². The Bertz CT molecular complexity index is 1160. The normalized spacial score (nSPS) is 17.8. The molecule has 1 aliphatic heterocycles. The van der Waals surface area contributed by atoms with Gasteiger partial charge in [-0.3, -0.25) is 9.69 Å². The predicted molar refractivity (Wildman–Crippen MR) is 112 cm³/mol. The molecule has 2 aliphatic rings. The first-order chi connectivity index (χ1) is 15.3. The summed E-state index contributed by atoms with van der Waals surface area (Å²) in [5, 5.41) is 4.00. The number of aryl methyl sites for hydroxylation is 1. The highest BCUT2D eigenvalue weighted by Crippen LogP contribution is 2.41. The van der Waals surface area contributed by atoms with Gasteiger partial charge in [-0.2, -0.15) is 18.3 Å². The molecular formula is C23H24F3N5O. The molecule has 0 radical (unpaired) electrons. The third kappa shape index (κ3) is 4.09. The van der Waals surface area contributed by atoms with Crippen molar-refractivity contribution >= 4 is 11.6 Å². The number of carbonyl (C=O) groups is 1. The smallest absolute Gasteiger partial charge is 0.335 e. The fourth-order valence-corrected chi connectivity index (χ4v) is 4.19. The summed E-state index contributed by atoms with van der Waals surface area (Å²) in [6, 6.07) is 10.7. The van der Waals surface area contributed by atoms with Gasteiger partial charge in [-0.15, -0.1) is 0 Å². The van der Waals surface area contributed by atoms with Gasteiger partial charge in [-0.05, 0) is 37.0 Å². The highest BCUT2D eigenvalue weighted by molar-refractivity contribution is 5.93. The Kier molecular flexibility index (Phi) is 5.16. The Hall–Kier alpha value is -2.94. The number of piperazine rings is 1. The average molecular weight is 443 g/mol. The highest BCUT2D eigenvalue weighted by atomic mass is 19.4. The minimum absolute atomic E-state index is 0.00306. The highest BCUT2D eigenvalue weighted by Gasteiger charge is 2.38. The molecule has 6 nitrogen and oxygen atoms in total. The van der Waals surface area contributed by atoms with Crippen LogP contribution in [0, 0.1) is 6.92 Å². The van der Waals surface area contributed by atoms with Crippen LogP contribution >= 0.6 is 0 Å². The van der Waals surface area contributed by atoms with Crippen LogP contribution < -0.4 is 0 Å². The molecule has 3 heterocycles. The Balaban J connectivity index is 1.32. The van der Waals surface area contributed by atoms with Crippen LogP contribution in [0.4, 0.5) is 13.2 Å². The minimum Gasteiger partial charge on any atom is -0.335 e. The van der Waals surface area contributed by atoms with Crippen LogP contribution in [0.2, 0.25) is 0 Å². The first-order valence-corrected chi connectivity index (χ1v) is 10.8. The Morgan fingerprint density at radius 3 is 2.47 bits per heavy atom. The van der Waals surface area contributed by atoms with Crippen LogP contribution in [-0.4, -0.2) is 56.5 Å². The number of amides is 1.